The summed E-state index contributed by atoms with van der Waals surface area (Å²) < 4.78 is 15.1. The molecule has 0 fully saturated rings. The van der Waals surface area contributed by atoms with Crippen molar-refractivity contribution in [3.05, 3.63) is 53.6 Å². The van der Waals surface area contributed by atoms with Crippen molar-refractivity contribution in [2.45, 2.75) is 26.0 Å². The number of hydrogen-bond acceptors (Lipinski definition) is 3. The van der Waals surface area contributed by atoms with Gasteiger partial charge in [-0.2, -0.15) is 5.10 Å². The highest BCUT2D eigenvalue weighted by Crippen LogP contribution is 2.16. The zero-order chi connectivity index (χ0) is 15.4. The van der Waals surface area contributed by atoms with Crippen LogP contribution in [0, 0.1) is 5.82 Å². The minimum atomic E-state index is -1.09. The van der Waals surface area contributed by atoms with Crippen molar-refractivity contribution in [3.63, 3.8) is 0 Å². The summed E-state index contributed by atoms with van der Waals surface area (Å²) in [6, 6.07) is 7.60. The first-order valence-corrected chi connectivity index (χ1v) is 6.75. The third kappa shape index (κ3) is 3.46. The molecule has 6 heteroatoms. The van der Waals surface area contributed by atoms with Gasteiger partial charge in [0.15, 0.2) is 0 Å². The van der Waals surface area contributed by atoms with Crippen LogP contribution in [0.25, 0.3) is 0 Å². The van der Waals surface area contributed by atoms with Gasteiger partial charge in [0, 0.05) is 24.3 Å². The average Bonchev–Trinajstić information content (AvgIpc) is 2.94. The van der Waals surface area contributed by atoms with E-state index in [2.05, 4.69) is 10.4 Å². The lowest BCUT2D eigenvalue weighted by Crippen LogP contribution is -2.30. The number of carbonyl (C=O) groups is 1. The van der Waals surface area contributed by atoms with Gasteiger partial charge in [-0.05, 0) is 26.0 Å². The quantitative estimate of drug-likeness (QED) is 0.886. The predicted octanol–water partition coefficient (Wildman–Crippen LogP) is 2.07. The van der Waals surface area contributed by atoms with Gasteiger partial charge in [0.25, 0.3) is 5.91 Å². The summed E-state index contributed by atoms with van der Waals surface area (Å²) in [6.07, 6.45) is 0.452. The van der Waals surface area contributed by atoms with Gasteiger partial charge < -0.3 is 10.4 Å². The van der Waals surface area contributed by atoms with E-state index in [0.717, 1.165) is 0 Å². The maximum absolute atomic E-state index is 13.5. The maximum Gasteiger partial charge on any atom is 0.269 e. The zero-order valence-corrected chi connectivity index (χ0v) is 12.0. The Morgan fingerprint density at radius 3 is 2.76 bits per heavy atom. The Bertz CT molecular complexity index is 625. The van der Waals surface area contributed by atoms with Gasteiger partial charge in [0.05, 0.1) is 6.10 Å². The van der Waals surface area contributed by atoms with Crippen LogP contribution in [0.15, 0.2) is 36.5 Å². The van der Waals surface area contributed by atoms with Crippen LogP contribution < -0.4 is 5.32 Å². The molecule has 1 unspecified atom stereocenters. The molecule has 0 aliphatic heterocycles. The Labute approximate surface area is 122 Å². The molecule has 0 saturated heterocycles. The van der Waals surface area contributed by atoms with E-state index in [1.807, 2.05) is 13.8 Å². The molecule has 1 aromatic carbocycles. The number of nitrogens with one attached hydrogen (secondary N) is 1. The summed E-state index contributed by atoms with van der Waals surface area (Å²) in [7, 11) is 0. The van der Waals surface area contributed by atoms with Crippen molar-refractivity contribution in [1.82, 2.24) is 15.1 Å². The van der Waals surface area contributed by atoms with E-state index >= 15 is 0 Å². The highest BCUT2D eigenvalue weighted by molar-refractivity contribution is 5.92. The molecule has 112 valence electrons. The molecular weight excluding hydrogens is 273 g/mol. The van der Waals surface area contributed by atoms with Gasteiger partial charge in [-0.15, -0.1) is 0 Å². The van der Waals surface area contributed by atoms with E-state index in [9.17, 15) is 14.3 Å². The number of amides is 1. The lowest BCUT2D eigenvalue weighted by Gasteiger charge is -2.14. The number of aromatic nitrogens is 2. The molecule has 2 N–H and O–H groups in total. The van der Waals surface area contributed by atoms with Crippen molar-refractivity contribution in [2.75, 3.05) is 6.54 Å². The molecule has 2 rings (SSSR count). The molecule has 1 heterocycles. The van der Waals surface area contributed by atoms with E-state index in [-0.39, 0.29) is 24.1 Å². The van der Waals surface area contributed by atoms with Crippen LogP contribution in [-0.2, 0) is 0 Å². The van der Waals surface area contributed by atoms with E-state index in [1.54, 1.807) is 29.1 Å². The van der Waals surface area contributed by atoms with Crippen LogP contribution in [0.1, 0.15) is 42.0 Å². The molecule has 1 aromatic heterocycles. The fourth-order valence-electron chi connectivity index (χ4n) is 2.04. The molecule has 0 bridgehead atoms. The smallest absolute Gasteiger partial charge is 0.269 e. The fourth-order valence-corrected chi connectivity index (χ4v) is 2.04. The lowest BCUT2D eigenvalue weighted by atomic mass is 10.1. The molecule has 0 spiro atoms. The number of aliphatic hydroxyl groups is 1. The Morgan fingerprint density at radius 2 is 2.10 bits per heavy atom. The van der Waals surface area contributed by atoms with Gasteiger partial charge in [-0.1, -0.05) is 18.2 Å². The molecule has 0 aliphatic rings. The van der Waals surface area contributed by atoms with Crippen molar-refractivity contribution >= 4 is 5.91 Å². The summed E-state index contributed by atoms with van der Waals surface area (Å²) in [5.74, 6) is -0.844. The predicted molar refractivity (Wildman–Crippen MR) is 76.3 cm³/mol. The van der Waals surface area contributed by atoms with Crippen LogP contribution in [0.3, 0.4) is 0 Å². The molecule has 21 heavy (non-hydrogen) atoms. The summed E-state index contributed by atoms with van der Waals surface area (Å²) >= 11 is 0. The Kier molecular flexibility index (Phi) is 4.70. The maximum atomic E-state index is 13.5. The average molecular weight is 291 g/mol. The van der Waals surface area contributed by atoms with E-state index in [4.69, 9.17) is 0 Å². The van der Waals surface area contributed by atoms with Gasteiger partial charge in [0.2, 0.25) is 0 Å². The summed E-state index contributed by atoms with van der Waals surface area (Å²) in [4.78, 5) is 12.1. The molecule has 1 atom stereocenters. The second-order valence-electron chi connectivity index (χ2n) is 5.00. The first-order chi connectivity index (χ1) is 10.0. The third-order valence-corrected chi connectivity index (χ3v) is 3.11. The second kappa shape index (κ2) is 6.49. The van der Waals surface area contributed by atoms with E-state index < -0.39 is 11.9 Å². The highest BCUT2D eigenvalue weighted by atomic mass is 19.1. The number of aliphatic hydroxyl groups excluding tert-OH is 1. The Morgan fingerprint density at radius 1 is 1.38 bits per heavy atom. The van der Waals surface area contributed by atoms with E-state index in [1.165, 1.54) is 12.1 Å². The third-order valence-electron chi connectivity index (χ3n) is 3.11. The van der Waals surface area contributed by atoms with Crippen LogP contribution in [0.2, 0.25) is 0 Å². The van der Waals surface area contributed by atoms with Gasteiger partial charge >= 0.3 is 0 Å². The van der Waals surface area contributed by atoms with Crippen molar-refractivity contribution in [1.29, 1.82) is 0 Å². The number of hydrogen-bond donors (Lipinski definition) is 2. The SMILES string of the molecule is CC(C)n1nccc1C(=O)NCC(O)c1ccccc1F. The molecule has 0 radical (unpaired) electrons. The normalized spacial score (nSPS) is 12.4. The Hall–Kier alpha value is -2.21. The summed E-state index contributed by atoms with van der Waals surface area (Å²) in [6.45, 7) is 3.76. The van der Waals surface area contributed by atoms with Crippen molar-refractivity contribution < 1.29 is 14.3 Å². The number of nitrogens with zero attached hydrogens (tertiary/aromatic N) is 2. The number of rotatable bonds is 5. The van der Waals surface area contributed by atoms with Crippen molar-refractivity contribution in [2.24, 2.45) is 0 Å². The lowest BCUT2D eigenvalue weighted by molar-refractivity contribution is 0.0901. The van der Waals surface area contributed by atoms with Crippen LogP contribution in [-0.4, -0.2) is 27.3 Å². The molecule has 0 saturated carbocycles. The van der Waals surface area contributed by atoms with Gasteiger partial charge in [-0.25, -0.2) is 4.39 Å². The standard InChI is InChI=1S/C15H18FN3O2/c1-10(2)19-13(7-8-18-19)15(21)17-9-14(20)11-5-3-4-6-12(11)16/h3-8,10,14,20H,9H2,1-2H3,(H,17,21). The fraction of sp³-hybridized carbons (Fsp3) is 0.333. The first-order valence-electron chi connectivity index (χ1n) is 6.75. The minimum absolute atomic E-state index is 0.0530. The Balaban J connectivity index is 2.01. The van der Waals surface area contributed by atoms with Crippen LogP contribution >= 0.6 is 0 Å². The molecule has 1 amide bonds. The number of benzene rings is 1. The zero-order valence-electron chi connectivity index (χ0n) is 12.0. The van der Waals surface area contributed by atoms with E-state index in [0.29, 0.717) is 5.69 Å². The molecular formula is C15H18FN3O2. The summed E-state index contributed by atoms with van der Waals surface area (Å²) in [5.41, 5.74) is 0.570. The van der Waals surface area contributed by atoms with Crippen LogP contribution in [0.4, 0.5) is 4.39 Å². The summed E-state index contributed by atoms with van der Waals surface area (Å²) in [5, 5.41) is 16.6. The van der Waals surface area contributed by atoms with Crippen LogP contribution in [0.5, 0.6) is 0 Å². The minimum Gasteiger partial charge on any atom is -0.386 e. The number of halogens is 1. The number of carbonyl (C=O) groups excluding carboxylic acids is 1. The monoisotopic (exact) mass is 291 g/mol. The van der Waals surface area contributed by atoms with Gasteiger partial charge in [-0.3, -0.25) is 9.48 Å². The molecule has 0 aliphatic carbocycles. The largest absolute Gasteiger partial charge is 0.386 e. The van der Waals surface area contributed by atoms with Crippen molar-refractivity contribution in [3.8, 4) is 0 Å². The second-order valence-corrected chi connectivity index (χ2v) is 5.00. The highest BCUT2D eigenvalue weighted by Gasteiger charge is 2.17. The molecule has 2 aromatic rings. The first kappa shape index (κ1) is 15.2. The molecule has 5 nitrogen and oxygen atoms in total. The van der Waals surface area contributed by atoms with Gasteiger partial charge in [0.1, 0.15) is 11.5 Å². The topological polar surface area (TPSA) is 67.2 Å².